The van der Waals surface area contributed by atoms with E-state index in [1.165, 1.54) is 5.56 Å². The number of carboxylic acids is 1. The van der Waals surface area contributed by atoms with Gasteiger partial charge in [-0.1, -0.05) is 30.7 Å². The Balaban J connectivity index is 1.34. The summed E-state index contributed by atoms with van der Waals surface area (Å²) in [6, 6.07) is 16.6. The number of fused-ring (bicyclic) bond motifs is 2. The second-order valence-corrected chi connectivity index (χ2v) is 7.99. The Morgan fingerprint density at radius 1 is 1.19 bits per heavy atom. The summed E-state index contributed by atoms with van der Waals surface area (Å²) in [7, 11) is 0. The van der Waals surface area contributed by atoms with Crippen molar-refractivity contribution in [2.45, 2.75) is 25.8 Å². The molecule has 0 radical (unpaired) electrons. The summed E-state index contributed by atoms with van der Waals surface area (Å²) < 4.78 is 2.10. The van der Waals surface area contributed by atoms with Crippen LogP contribution in [0.3, 0.4) is 0 Å². The van der Waals surface area contributed by atoms with Gasteiger partial charge >= 0.3 is 5.97 Å². The molecule has 3 aromatic rings. The first kappa shape index (κ1) is 16.5. The van der Waals surface area contributed by atoms with Gasteiger partial charge in [-0.25, -0.2) is 4.98 Å². The number of hydrogen-bond acceptors (Lipinski definition) is 3. The first-order valence-corrected chi connectivity index (χ1v) is 9.63. The van der Waals surface area contributed by atoms with Crippen LogP contribution in [0.25, 0.3) is 16.7 Å². The minimum atomic E-state index is -0.602. The van der Waals surface area contributed by atoms with Gasteiger partial charge < -0.3 is 5.11 Å². The Morgan fingerprint density at radius 3 is 2.78 bits per heavy atom. The maximum Gasteiger partial charge on any atom is 0.311 e. The van der Waals surface area contributed by atoms with Gasteiger partial charge in [-0.05, 0) is 48.6 Å². The second kappa shape index (κ2) is 6.20. The second-order valence-electron chi connectivity index (χ2n) is 7.99. The van der Waals surface area contributed by atoms with Crippen LogP contribution in [-0.2, 0) is 11.3 Å². The van der Waals surface area contributed by atoms with E-state index in [4.69, 9.17) is 0 Å². The molecule has 1 N–H and O–H groups in total. The predicted octanol–water partition coefficient (Wildman–Crippen LogP) is 3.71. The van der Waals surface area contributed by atoms with Crippen LogP contribution in [0.15, 0.2) is 54.9 Å². The number of carbonyl (C=O) groups is 1. The largest absolute Gasteiger partial charge is 0.481 e. The van der Waals surface area contributed by atoms with E-state index in [0.717, 1.165) is 49.1 Å². The maximum atomic E-state index is 11.9. The summed E-state index contributed by atoms with van der Waals surface area (Å²) in [5.74, 6) is -0.290. The van der Waals surface area contributed by atoms with Gasteiger partial charge in [-0.3, -0.25) is 14.3 Å². The fourth-order valence-corrected chi connectivity index (χ4v) is 5.05. The molecule has 2 aliphatic rings. The molecule has 5 rings (SSSR count). The van der Waals surface area contributed by atoms with Crippen LogP contribution < -0.4 is 0 Å². The third kappa shape index (κ3) is 2.65. The van der Waals surface area contributed by atoms with E-state index >= 15 is 0 Å². The van der Waals surface area contributed by atoms with Gasteiger partial charge in [0.05, 0.1) is 16.4 Å². The highest BCUT2D eigenvalue weighted by Gasteiger charge is 2.54. The Morgan fingerprint density at radius 2 is 2.00 bits per heavy atom. The number of carboxylic acid groups (broad SMARTS) is 1. The molecule has 0 bridgehead atoms. The maximum absolute atomic E-state index is 11.9. The van der Waals surface area contributed by atoms with E-state index in [0.29, 0.717) is 12.5 Å². The van der Waals surface area contributed by atoms with Crippen molar-refractivity contribution in [1.82, 2.24) is 14.5 Å². The molecule has 2 fully saturated rings. The van der Waals surface area contributed by atoms with Crippen LogP contribution in [-0.4, -0.2) is 38.6 Å². The fraction of sp³-hybridized carbons (Fsp3) is 0.364. The SMILES string of the molecule is O=C(O)[C@@]12CCC[C@H]1CN(Cc1ccc(-n3cnc4ccccc43)cc1)C2. The standard InChI is InChI=1S/C22H23N3O2/c26-21(27)22-11-3-4-17(22)13-24(14-22)12-16-7-9-18(10-8-16)25-15-23-19-5-1-2-6-20(19)25/h1-2,5-10,15,17H,3-4,11-14H2,(H,26,27)/t17-,22+/m0/s1. The predicted molar refractivity (Wildman–Crippen MR) is 104 cm³/mol. The van der Waals surface area contributed by atoms with E-state index < -0.39 is 11.4 Å². The molecule has 1 saturated carbocycles. The van der Waals surface area contributed by atoms with Gasteiger partial charge in [0.25, 0.3) is 0 Å². The molecule has 2 aromatic carbocycles. The first-order chi connectivity index (χ1) is 13.2. The lowest BCUT2D eigenvalue weighted by molar-refractivity contribution is -0.149. The highest BCUT2D eigenvalue weighted by Crippen LogP contribution is 2.49. The number of aromatic nitrogens is 2. The molecule has 0 amide bonds. The lowest BCUT2D eigenvalue weighted by Crippen LogP contribution is -2.35. The molecule has 0 spiro atoms. The van der Waals surface area contributed by atoms with E-state index in [9.17, 15) is 9.90 Å². The zero-order valence-electron chi connectivity index (χ0n) is 15.2. The van der Waals surface area contributed by atoms with Crippen molar-refractivity contribution in [2.75, 3.05) is 13.1 Å². The third-order valence-corrected chi connectivity index (χ3v) is 6.44. The van der Waals surface area contributed by atoms with Gasteiger partial charge in [0.15, 0.2) is 0 Å². The van der Waals surface area contributed by atoms with Crippen molar-refractivity contribution in [1.29, 1.82) is 0 Å². The van der Waals surface area contributed by atoms with Gasteiger partial charge in [-0.2, -0.15) is 0 Å². The molecule has 1 aliphatic carbocycles. The zero-order chi connectivity index (χ0) is 18.4. The highest BCUT2D eigenvalue weighted by atomic mass is 16.4. The van der Waals surface area contributed by atoms with Crippen LogP contribution in [0, 0.1) is 11.3 Å². The topological polar surface area (TPSA) is 58.4 Å². The van der Waals surface area contributed by atoms with Gasteiger partial charge in [0.2, 0.25) is 0 Å². The van der Waals surface area contributed by atoms with E-state index in [-0.39, 0.29) is 0 Å². The average Bonchev–Trinajstić information content (AvgIpc) is 3.35. The van der Waals surface area contributed by atoms with Gasteiger partial charge in [-0.15, -0.1) is 0 Å². The quantitative estimate of drug-likeness (QED) is 0.770. The zero-order valence-corrected chi connectivity index (χ0v) is 15.2. The van der Waals surface area contributed by atoms with Crippen LogP contribution in [0.1, 0.15) is 24.8 Å². The van der Waals surface area contributed by atoms with Crippen LogP contribution in [0.2, 0.25) is 0 Å². The Labute approximate surface area is 158 Å². The minimum absolute atomic E-state index is 0.312. The lowest BCUT2D eigenvalue weighted by atomic mass is 9.81. The summed E-state index contributed by atoms with van der Waals surface area (Å²) in [5.41, 5.74) is 3.90. The third-order valence-electron chi connectivity index (χ3n) is 6.44. The van der Waals surface area contributed by atoms with E-state index in [1.54, 1.807) is 0 Å². The van der Waals surface area contributed by atoms with Crippen molar-refractivity contribution in [2.24, 2.45) is 11.3 Å². The number of likely N-dealkylation sites (tertiary alicyclic amines) is 1. The van der Waals surface area contributed by atoms with Crippen molar-refractivity contribution in [3.05, 3.63) is 60.4 Å². The lowest BCUT2D eigenvalue weighted by Gasteiger charge is -2.23. The molecule has 2 atom stereocenters. The summed E-state index contributed by atoms with van der Waals surface area (Å²) in [6.45, 7) is 2.40. The summed E-state index contributed by atoms with van der Waals surface area (Å²) in [6.07, 6.45) is 4.79. The van der Waals surface area contributed by atoms with Crippen LogP contribution in [0.5, 0.6) is 0 Å². The Bertz CT molecular complexity index is 994. The summed E-state index contributed by atoms with van der Waals surface area (Å²) in [5, 5.41) is 9.75. The smallest absolute Gasteiger partial charge is 0.311 e. The van der Waals surface area contributed by atoms with Crippen molar-refractivity contribution in [3.8, 4) is 5.69 Å². The Kier molecular flexibility index (Phi) is 3.79. The molecule has 27 heavy (non-hydrogen) atoms. The van der Waals surface area contributed by atoms with Crippen molar-refractivity contribution < 1.29 is 9.90 Å². The number of aliphatic carboxylic acids is 1. The van der Waals surface area contributed by atoms with E-state index in [2.05, 4.69) is 44.8 Å². The number of rotatable bonds is 4. The minimum Gasteiger partial charge on any atom is -0.481 e. The normalized spacial score (nSPS) is 25.1. The molecule has 5 heteroatoms. The highest BCUT2D eigenvalue weighted by molar-refractivity contribution is 5.77. The monoisotopic (exact) mass is 361 g/mol. The molecule has 5 nitrogen and oxygen atoms in total. The molecular weight excluding hydrogens is 338 g/mol. The number of nitrogens with zero attached hydrogens (tertiary/aromatic N) is 3. The number of imidazole rings is 1. The Hall–Kier alpha value is -2.66. The summed E-state index contributed by atoms with van der Waals surface area (Å²) >= 11 is 0. The molecular formula is C22H23N3O2. The molecule has 138 valence electrons. The molecule has 2 heterocycles. The number of para-hydroxylation sites is 2. The molecule has 1 saturated heterocycles. The summed E-state index contributed by atoms with van der Waals surface area (Å²) in [4.78, 5) is 18.6. The molecule has 1 aliphatic heterocycles. The fourth-order valence-electron chi connectivity index (χ4n) is 5.05. The van der Waals surface area contributed by atoms with Crippen molar-refractivity contribution >= 4 is 17.0 Å². The van der Waals surface area contributed by atoms with Crippen molar-refractivity contribution in [3.63, 3.8) is 0 Å². The van der Waals surface area contributed by atoms with E-state index in [1.807, 2.05) is 24.5 Å². The van der Waals surface area contributed by atoms with Gasteiger partial charge in [0, 0.05) is 25.3 Å². The number of benzene rings is 2. The van der Waals surface area contributed by atoms with Crippen LogP contribution >= 0.6 is 0 Å². The first-order valence-electron chi connectivity index (χ1n) is 9.63. The molecule has 1 aromatic heterocycles. The molecule has 0 unspecified atom stereocenters. The van der Waals surface area contributed by atoms with Gasteiger partial charge in [0.1, 0.15) is 6.33 Å². The number of hydrogen-bond donors (Lipinski definition) is 1. The average molecular weight is 361 g/mol. The van der Waals surface area contributed by atoms with Crippen LogP contribution in [0.4, 0.5) is 0 Å².